The predicted molar refractivity (Wildman–Crippen MR) is 60.8 cm³/mol. The zero-order valence-corrected chi connectivity index (χ0v) is 10.0. The monoisotopic (exact) mass is 211 g/mol. The fourth-order valence-corrected chi connectivity index (χ4v) is 1.45. The van der Waals surface area contributed by atoms with Gasteiger partial charge in [0.05, 0.1) is 0 Å². The van der Waals surface area contributed by atoms with E-state index in [9.17, 15) is 4.79 Å². The molecule has 86 valence electrons. The van der Waals surface area contributed by atoms with E-state index in [1.807, 2.05) is 20.8 Å². The van der Waals surface area contributed by atoms with Crippen LogP contribution in [0.1, 0.15) is 40.0 Å². The van der Waals surface area contributed by atoms with Crippen LogP contribution in [0.5, 0.6) is 0 Å². The topological polar surface area (TPSA) is 29.5 Å². The van der Waals surface area contributed by atoms with Gasteiger partial charge >= 0.3 is 6.09 Å². The van der Waals surface area contributed by atoms with Gasteiger partial charge in [0, 0.05) is 13.1 Å². The Morgan fingerprint density at radius 2 is 1.80 bits per heavy atom. The highest BCUT2D eigenvalue weighted by molar-refractivity contribution is 5.68. The molecule has 0 bridgehead atoms. The summed E-state index contributed by atoms with van der Waals surface area (Å²) in [4.78, 5) is 13.6. The van der Waals surface area contributed by atoms with E-state index >= 15 is 0 Å². The van der Waals surface area contributed by atoms with E-state index in [4.69, 9.17) is 4.74 Å². The minimum absolute atomic E-state index is 0.206. The highest BCUT2D eigenvalue weighted by Crippen LogP contribution is 2.21. The van der Waals surface area contributed by atoms with E-state index in [0.29, 0.717) is 0 Å². The first-order valence-electron chi connectivity index (χ1n) is 5.57. The van der Waals surface area contributed by atoms with Gasteiger partial charge in [-0.1, -0.05) is 6.58 Å². The average Bonchev–Trinajstić information content (AvgIpc) is 2.18. The quantitative estimate of drug-likeness (QED) is 0.657. The molecule has 1 amide bonds. The van der Waals surface area contributed by atoms with Crippen LogP contribution >= 0.6 is 0 Å². The standard InChI is InChI=1S/C12H21NO2/c1-10(2)12(3,4)15-11(14)13-8-6-5-7-9-13/h1,5-9H2,2-4H3. The Balaban J connectivity index is 2.50. The molecule has 3 heteroatoms. The summed E-state index contributed by atoms with van der Waals surface area (Å²) in [5.41, 5.74) is 0.307. The molecule has 3 nitrogen and oxygen atoms in total. The molecule has 0 aromatic rings. The first-order valence-corrected chi connectivity index (χ1v) is 5.57. The van der Waals surface area contributed by atoms with Gasteiger partial charge in [0.15, 0.2) is 0 Å². The van der Waals surface area contributed by atoms with Gasteiger partial charge in [-0.05, 0) is 45.6 Å². The van der Waals surface area contributed by atoms with Crippen molar-refractivity contribution in [2.24, 2.45) is 0 Å². The van der Waals surface area contributed by atoms with E-state index < -0.39 is 5.60 Å². The number of hydrogen-bond acceptors (Lipinski definition) is 2. The number of hydrogen-bond donors (Lipinski definition) is 0. The van der Waals surface area contributed by atoms with Crippen LogP contribution in [-0.4, -0.2) is 29.7 Å². The number of nitrogens with zero attached hydrogens (tertiary/aromatic N) is 1. The third kappa shape index (κ3) is 3.26. The van der Waals surface area contributed by atoms with Crippen molar-refractivity contribution in [2.75, 3.05) is 13.1 Å². The van der Waals surface area contributed by atoms with Crippen molar-refractivity contribution in [3.63, 3.8) is 0 Å². The largest absolute Gasteiger partial charge is 0.439 e. The lowest BCUT2D eigenvalue weighted by Gasteiger charge is -2.32. The molecule has 0 atom stereocenters. The fraction of sp³-hybridized carbons (Fsp3) is 0.750. The van der Waals surface area contributed by atoms with E-state index in [2.05, 4.69) is 6.58 Å². The molecular weight excluding hydrogens is 190 g/mol. The first kappa shape index (κ1) is 12.1. The fourth-order valence-electron chi connectivity index (χ4n) is 1.45. The van der Waals surface area contributed by atoms with Gasteiger partial charge in [0.1, 0.15) is 5.60 Å². The number of likely N-dealkylation sites (tertiary alicyclic amines) is 1. The van der Waals surface area contributed by atoms with Gasteiger partial charge in [-0.15, -0.1) is 0 Å². The molecule has 0 N–H and O–H groups in total. The van der Waals surface area contributed by atoms with E-state index in [0.717, 1.165) is 31.5 Å². The normalized spacial score (nSPS) is 17.4. The van der Waals surface area contributed by atoms with Crippen molar-refractivity contribution >= 4 is 6.09 Å². The Bertz CT molecular complexity index is 252. The molecule has 15 heavy (non-hydrogen) atoms. The highest BCUT2D eigenvalue weighted by Gasteiger charge is 2.27. The van der Waals surface area contributed by atoms with Gasteiger partial charge in [0.2, 0.25) is 0 Å². The van der Waals surface area contributed by atoms with Crippen LogP contribution in [0.15, 0.2) is 12.2 Å². The minimum atomic E-state index is -0.561. The molecule has 0 aliphatic carbocycles. The molecule has 1 aliphatic heterocycles. The number of carbonyl (C=O) groups is 1. The second kappa shape index (κ2) is 4.69. The Morgan fingerprint density at radius 3 is 2.27 bits per heavy atom. The molecule has 1 aliphatic rings. The van der Waals surface area contributed by atoms with Crippen molar-refractivity contribution in [2.45, 2.75) is 45.6 Å². The summed E-state index contributed by atoms with van der Waals surface area (Å²) in [5.74, 6) is 0. The summed E-state index contributed by atoms with van der Waals surface area (Å²) in [6.07, 6.45) is 3.18. The molecule has 1 heterocycles. The molecule has 0 aromatic heterocycles. The zero-order chi connectivity index (χ0) is 11.5. The maximum atomic E-state index is 11.8. The van der Waals surface area contributed by atoms with E-state index in [1.165, 1.54) is 6.42 Å². The summed E-state index contributed by atoms with van der Waals surface area (Å²) in [6.45, 7) is 11.1. The van der Waals surface area contributed by atoms with E-state index in [-0.39, 0.29) is 6.09 Å². The number of amides is 1. The van der Waals surface area contributed by atoms with Crippen LogP contribution in [0, 0.1) is 0 Å². The van der Waals surface area contributed by atoms with Gasteiger partial charge in [-0.25, -0.2) is 4.79 Å². The molecule has 0 spiro atoms. The van der Waals surface area contributed by atoms with Crippen molar-refractivity contribution in [1.29, 1.82) is 0 Å². The maximum absolute atomic E-state index is 11.8. The molecule has 0 aromatic carbocycles. The van der Waals surface area contributed by atoms with Crippen LogP contribution in [-0.2, 0) is 4.74 Å². The third-order valence-electron chi connectivity index (χ3n) is 2.98. The van der Waals surface area contributed by atoms with Crippen LogP contribution in [0.2, 0.25) is 0 Å². The molecule has 0 saturated carbocycles. The first-order chi connectivity index (χ1) is 6.93. The van der Waals surface area contributed by atoms with Crippen LogP contribution in [0.3, 0.4) is 0 Å². The molecule has 1 saturated heterocycles. The molecular formula is C12H21NO2. The Kier molecular flexibility index (Phi) is 3.77. The lowest BCUT2D eigenvalue weighted by Crippen LogP contribution is -2.41. The molecule has 0 unspecified atom stereocenters. The second-order valence-corrected chi connectivity index (χ2v) is 4.71. The number of carbonyl (C=O) groups excluding carboxylic acids is 1. The lowest BCUT2D eigenvalue weighted by atomic mass is 10.0. The molecule has 1 fully saturated rings. The SMILES string of the molecule is C=C(C)C(C)(C)OC(=O)N1CCCCC1. The lowest BCUT2D eigenvalue weighted by molar-refractivity contribution is 0.0312. The Hall–Kier alpha value is -0.990. The van der Waals surface area contributed by atoms with Crippen molar-refractivity contribution in [3.05, 3.63) is 12.2 Å². The van der Waals surface area contributed by atoms with Crippen molar-refractivity contribution < 1.29 is 9.53 Å². The number of rotatable bonds is 2. The predicted octanol–water partition coefficient (Wildman–Crippen LogP) is 2.96. The van der Waals surface area contributed by atoms with Crippen LogP contribution < -0.4 is 0 Å². The summed E-state index contributed by atoms with van der Waals surface area (Å²) in [7, 11) is 0. The van der Waals surface area contributed by atoms with Crippen LogP contribution in [0.25, 0.3) is 0 Å². The van der Waals surface area contributed by atoms with Gasteiger partial charge in [-0.3, -0.25) is 0 Å². The minimum Gasteiger partial charge on any atom is -0.439 e. The summed E-state index contributed by atoms with van der Waals surface area (Å²) in [5, 5.41) is 0. The average molecular weight is 211 g/mol. The molecule has 0 radical (unpaired) electrons. The van der Waals surface area contributed by atoms with Gasteiger partial charge in [0.25, 0.3) is 0 Å². The Labute approximate surface area is 92.1 Å². The third-order valence-corrected chi connectivity index (χ3v) is 2.98. The Morgan fingerprint density at radius 1 is 1.27 bits per heavy atom. The van der Waals surface area contributed by atoms with Crippen molar-refractivity contribution in [1.82, 2.24) is 4.90 Å². The zero-order valence-electron chi connectivity index (χ0n) is 10.0. The highest BCUT2D eigenvalue weighted by atomic mass is 16.6. The van der Waals surface area contributed by atoms with Crippen LogP contribution in [0.4, 0.5) is 4.79 Å². The van der Waals surface area contributed by atoms with Gasteiger partial charge < -0.3 is 9.64 Å². The van der Waals surface area contributed by atoms with Crippen molar-refractivity contribution in [3.8, 4) is 0 Å². The number of piperidine rings is 1. The smallest absolute Gasteiger partial charge is 0.410 e. The van der Waals surface area contributed by atoms with Gasteiger partial charge in [-0.2, -0.15) is 0 Å². The van der Waals surface area contributed by atoms with E-state index in [1.54, 1.807) is 4.90 Å². The summed E-state index contributed by atoms with van der Waals surface area (Å²) >= 11 is 0. The molecule has 1 rings (SSSR count). The summed E-state index contributed by atoms with van der Waals surface area (Å²) < 4.78 is 5.43. The maximum Gasteiger partial charge on any atom is 0.410 e. The summed E-state index contributed by atoms with van der Waals surface area (Å²) in [6, 6.07) is 0. The number of ether oxygens (including phenoxy) is 1. The second-order valence-electron chi connectivity index (χ2n) is 4.71.